The molecule has 2 aromatic heterocycles. The molecule has 1 aliphatic heterocycles. The summed E-state index contributed by atoms with van der Waals surface area (Å²) in [6.07, 6.45) is 6.23. The van der Waals surface area contributed by atoms with E-state index in [-0.39, 0.29) is 0 Å². The highest BCUT2D eigenvalue weighted by molar-refractivity contribution is 6.36. The fourth-order valence-electron chi connectivity index (χ4n) is 3.67. The van der Waals surface area contributed by atoms with Crippen molar-refractivity contribution in [2.24, 2.45) is 0 Å². The second-order valence-electron chi connectivity index (χ2n) is 7.36. The van der Waals surface area contributed by atoms with E-state index in [2.05, 4.69) is 20.9 Å². The molecule has 0 bridgehead atoms. The number of halogens is 2. The Bertz CT molecular complexity index is 955. The summed E-state index contributed by atoms with van der Waals surface area (Å²) in [4.78, 5) is 13.7. The smallest absolute Gasteiger partial charge is 0.298 e. The number of likely N-dealkylation sites (tertiary alicyclic amines) is 1. The zero-order valence-corrected chi connectivity index (χ0v) is 18.0. The molecule has 0 N–H and O–H groups in total. The molecule has 1 fully saturated rings. The Balaban J connectivity index is 1.60. The van der Waals surface area contributed by atoms with Gasteiger partial charge in [0.1, 0.15) is 11.5 Å². The molecule has 1 aliphatic rings. The number of benzene rings is 1. The van der Waals surface area contributed by atoms with Gasteiger partial charge in [-0.2, -0.15) is 4.98 Å². The molecular weight excluding hydrogens is 407 g/mol. The van der Waals surface area contributed by atoms with E-state index in [1.165, 1.54) is 12.8 Å². The first kappa shape index (κ1) is 20.2. The van der Waals surface area contributed by atoms with Gasteiger partial charge in [-0.1, -0.05) is 29.3 Å². The van der Waals surface area contributed by atoms with Gasteiger partial charge in [0, 0.05) is 42.6 Å². The lowest BCUT2D eigenvalue weighted by Gasteiger charge is -2.24. The molecule has 3 aromatic rings. The minimum absolute atomic E-state index is 0.566. The Labute approximate surface area is 181 Å². The molecule has 0 aliphatic carbocycles. The third kappa shape index (κ3) is 4.92. The third-order valence-corrected chi connectivity index (χ3v) is 5.77. The van der Waals surface area contributed by atoms with Crippen molar-refractivity contribution in [2.75, 3.05) is 31.1 Å². The minimum atomic E-state index is 0.566. The summed E-state index contributed by atoms with van der Waals surface area (Å²) in [6.45, 7) is 6.75. The van der Waals surface area contributed by atoms with Crippen LogP contribution >= 0.6 is 23.2 Å². The van der Waals surface area contributed by atoms with Crippen LogP contribution in [0.2, 0.25) is 10.0 Å². The maximum absolute atomic E-state index is 6.41. The van der Waals surface area contributed by atoms with E-state index >= 15 is 0 Å². The number of hydrogen-bond acceptors (Lipinski definition) is 5. The van der Waals surface area contributed by atoms with Crippen LogP contribution in [-0.4, -0.2) is 41.0 Å². The summed E-state index contributed by atoms with van der Waals surface area (Å²) in [5, 5.41) is 1.17. The summed E-state index contributed by atoms with van der Waals surface area (Å²) in [6, 6.07) is 10.1. The Morgan fingerprint density at radius 1 is 1.17 bits per heavy atom. The Morgan fingerprint density at radius 2 is 2.00 bits per heavy atom. The number of aromatic nitrogens is 2. The zero-order chi connectivity index (χ0) is 20.2. The van der Waals surface area contributed by atoms with Gasteiger partial charge < -0.3 is 14.2 Å². The van der Waals surface area contributed by atoms with Gasteiger partial charge in [-0.25, -0.2) is 0 Å². The number of nitrogens with zero attached hydrogens (tertiary/aromatic N) is 4. The molecule has 4 rings (SSSR count). The van der Waals surface area contributed by atoms with Crippen LogP contribution in [-0.2, 0) is 6.54 Å². The molecule has 1 saturated heterocycles. The van der Waals surface area contributed by atoms with Crippen LogP contribution in [0.3, 0.4) is 0 Å². The van der Waals surface area contributed by atoms with E-state index in [1.807, 2.05) is 31.3 Å². The van der Waals surface area contributed by atoms with Gasteiger partial charge in [0.2, 0.25) is 0 Å². The lowest BCUT2D eigenvalue weighted by Crippen LogP contribution is -2.33. The van der Waals surface area contributed by atoms with Gasteiger partial charge >= 0.3 is 0 Å². The van der Waals surface area contributed by atoms with E-state index in [0.29, 0.717) is 22.6 Å². The zero-order valence-electron chi connectivity index (χ0n) is 16.4. The largest absolute Gasteiger partial charge is 0.428 e. The summed E-state index contributed by atoms with van der Waals surface area (Å²) in [5.41, 5.74) is 2.69. The van der Waals surface area contributed by atoms with Crippen LogP contribution in [0.5, 0.6) is 0 Å². The first-order chi connectivity index (χ1) is 14.1. The van der Waals surface area contributed by atoms with Crippen molar-refractivity contribution in [3.05, 3.63) is 64.1 Å². The van der Waals surface area contributed by atoms with E-state index in [9.17, 15) is 0 Å². The fourth-order valence-corrected chi connectivity index (χ4v) is 4.17. The van der Waals surface area contributed by atoms with E-state index in [0.717, 1.165) is 48.8 Å². The van der Waals surface area contributed by atoms with Gasteiger partial charge in [-0.15, -0.1) is 0 Å². The number of rotatable bonds is 7. The summed E-state index contributed by atoms with van der Waals surface area (Å²) >= 11 is 12.5. The highest BCUT2D eigenvalue weighted by atomic mass is 35.5. The minimum Gasteiger partial charge on any atom is -0.428 e. The second-order valence-corrected chi connectivity index (χ2v) is 8.20. The number of oxazole rings is 1. The maximum Gasteiger partial charge on any atom is 0.298 e. The predicted octanol–water partition coefficient (Wildman–Crippen LogP) is 5.45. The van der Waals surface area contributed by atoms with Gasteiger partial charge in [0.05, 0.1) is 5.02 Å². The molecule has 7 heteroatoms. The highest BCUT2D eigenvalue weighted by Crippen LogP contribution is 2.34. The number of aryl methyl sites for hydroxylation is 1. The monoisotopic (exact) mass is 430 g/mol. The van der Waals surface area contributed by atoms with E-state index in [4.69, 9.17) is 32.6 Å². The third-order valence-electron chi connectivity index (χ3n) is 5.22. The van der Waals surface area contributed by atoms with Crippen LogP contribution < -0.4 is 4.90 Å². The fraction of sp³-hybridized carbons (Fsp3) is 0.364. The lowest BCUT2D eigenvalue weighted by atomic mass is 10.1. The number of hydrogen-bond donors (Lipinski definition) is 0. The molecule has 0 atom stereocenters. The van der Waals surface area contributed by atoms with Crippen molar-refractivity contribution < 1.29 is 4.42 Å². The molecule has 0 saturated carbocycles. The molecule has 1 aromatic carbocycles. The average molecular weight is 431 g/mol. The van der Waals surface area contributed by atoms with Crippen molar-refractivity contribution in [1.82, 2.24) is 14.9 Å². The standard InChI is InChI=1S/C22H24Cl2N4O/c1-16-21(19-7-6-18(23)13-20(19)24)26-22(29-16)28(12-11-27-9-2-3-10-27)15-17-5-4-8-25-14-17/h4-8,13-14H,2-3,9-12,15H2,1H3. The van der Waals surface area contributed by atoms with Crippen molar-refractivity contribution in [3.8, 4) is 11.3 Å². The SMILES string of the molecule is Cc1oc(N(CCN2CCCC2)Cc2cccnc2)nc1-c1ccc(Cl)cc1Cl. The molecule has 0 spiro atoms. The first-order valence-corrected chi connectivity index (χ1v) is 10.6. The summed E-state index contributed by atoms with van der Waals surface area (Å²) in [5.74, 6) is 0.738. The van der Waals surface area contributed by atoms with Crippen molar-refractivity contribution in [1.29, 1.82) is 0 Å². The molecule has 0 unspecified atom stereocenters. The topological polar surface area (TPSA) is 45.4 Å². The summed E-state index contributed by atoms with van der Waals surface area (Å²) < 4.78 is 6.09. The molecular formula is C22H24Cl2N4O. The van der Waals surface area contributed by atoms with Gasteiger partial charge in [0.15, 0.2) is 0 Å². The van der Waals surface area contributed by atoms with Gasteiger partial charge in [-0.3, -0.25) is 4.98 Å². The van der Waals surface area contributed by atoms with Crippen molar-refractivity contribution in [2.45, 2.75) is 26.3 Å². The Kier molecular flexibility index (Phi) is 6.38. The normalized spacial score (nSPS) is 14.4. The molecule has 152 valence electrons. The van der Waals surface area contributed by atoms with Crippen LogP contribution in [0.1, 0.15) is 24.2 Å². The number of pyridine rings is 1. The lowest BCUT2D eigenvalue weighted by molar-refractivity contribution is 0.340. The average Bonchev–Trinajstić information content (AvgIpc) is 3.36. The molecule has 5 nitrogen and oxygen atoms in total. The van der Waals surface area contributed by atoms with Gasteiger partial charge in [-0.05, 0) is 62.7 Å². The maximum atomic E-state index is 6.41. The Morgan fingerprint density at radius 3 is 2.72 bits per heavy atom. The first-order valence-electron chi connectivity index (χ1n) is 9.89. The van der Waals surface area contributed by atoms with Crippen LogP contribution in [0.4, 0.5) is 6.01 Å². The van der Waals surface area contributed by atoms with Crippen molar-refractivity contribution in [3.63, 3.8) is 0 Å². The van der Waals surface area contributed by atoms with Crippen LogP contribution in [0, 0.1) is 6.92 Å². The van der Waals surface area contributed by atoms with E-state index < -0.39 is 0 Å². The van der Waals surface area contributed by atoms with E-state index in [1.54, 1.807) is 12.3 Å². The Hall–Kier alpha value is -2.08. The molecule has 0 radical (unpaired) electrons. The van der Waals surface area contributed by atoms with Gasteiger partial charge in [0.25, 0.3) is 6.01 Å². The van der Waals surface area contributed by atoms with Crippen LogP contribution in [0.15, 0.2) is 47.1 Å². The molecule has 3 heterocycles. The highest BCUT2D eigenvalue weighted by Gasteiger charge is 2.21. The number of anilines is 1. The second kappa shape index (κ2) is 9.16. The quantitative estimate of drug-likeness (QED) is 0.498. The molecule has 0 amide bonds. The summed E-state index contributed by atoms with van der Waals surface area (Å²) in [7, 11) is 0. The van der Waals surface area contributed by atoms with Crippen LogP contribution in [0.25, 0.3) is 11.3 Å². The van der Waals surface area contributed by atoms with Crippen molar-refractivity contribution >= 4 is 29.2 Å². The molecule has 29 heavy (non-hydrogen) atoms. The predicted molar refractivity (Wildman–Crippen MR) is 118 cm³/mol.